The Bertz CT molecular complexity index is 78.1. The SMILES string of the molecule is CSC1C=CSC1. The molecular formula is C5H8S2. The summed E-state index contributed by atoms with van der Waals surface area (Å²) in [7, 11) is 0. The van der Waals surface area contributed by atoms with Gasteiger partial charge in [0.15, 0.2) is 0 Å². The first-order chi connectivity index (χ1) is 3.43. The molecule has 0 aliphatic carbocycles. The Labute approximate surface area is 52.7 Å². The highest BCUT2D eigenvalue weighted by Gasteiger charge is 2.05. The Hall–Kier alpha value is 0.440. The van der Waals surface area contributed by atoms with Gasteiger partial charge in [0, 0.05) is 11.0 Å². The van der Waals surface area contributed by atoms with Gasteiger partial charge in [0.2, 0.25) is 0 Å². The fourth-order valence-electron chi connectivity index (χ4n) is 0.496. The Morgan fingerprint density at radius 1 is 1.86 bits per heavy atom. The zero-order valence-electron chi connectivity index (χ0n) is 4.26. The van der Waals surface area contributed by atoms with Gasteiger partial charge in [-0.05, 0) is 11.7 Å². The van der Waals surface area contributed by atoms with Gasteiger partial charge >= 0.3 is 0 Å². The summed E-state index contributed by atoms with van der Waals surface area (Å²) >= 11 is 3.83. The van der Waals surface area contributed by atoms with Crippen molar-refractivity contribution in [3.8, 4) is 0 Å². The van der Waals surface area contributed by atoms with Crippen molar-refractivity contribution in [2.75, 3.05) is 12.0 Å². The summed E-state index contributed by atoms with van der Waals surface area (Å²) in [6.07, 6.45) is 4.41. The zero-order chi connectivity index (χ0) is 5.11. The summed E-state index contributed by atoms with van der Waals surface area (Å²) in [5.41, 5.74) is 0. The average Bonchev–Trinajstić information content (AvgIpc) is 2.14. The Balaban J connectivity index is 2.28. The molecule has 0 nitrogen and oxygen atoms in total. The van der Waals surface area contributed by atoms with Crippen LogP contribution in [0.3, 0.4) is 0 Å². The van der Waals surface area contributed by atoms with E-state index in [2.05, 4.69) is 17.7 Å². The lowest BCUT2D eigenvalue weighted by Gasteiger charge is -1.96. The quantitative estimate of drug-likeness (QED) is 0.535. The summed E-state index contributed by atoms with van der Waals surface area (Å²) in [6.45, 7) is 0. The standard InChI is InChI=1S/C5H8S2/c1-6-5-2-3-7-4-5/h2-3,5H,4H2,1H3. The van der Waals surface area contributed by atoms with E-state index in [1.165, 1.54) is 5.75 Å². The van der Waals surface area contributed by atoms with Crippen LogP contribution in [-0.4, -0.2) is 17.3 Å². The van der Waals surface area contributed by atoms with E-state index in [0.29, 0.717) is 0 Å². The first-order valence-electron chi connectivity index (χ1n) is 2.24. The minimum atomic E-state index is 0.796. The number of rotatable bonds is 1. The predicted octanol–water partition coefficient (Wildman–Crippen LogP) is 1.98. The van der Waals surface area contributed by atoms with Crippen molar-refractivity contribution >= 4 is 23.5 Å². The molecule has 2 heteroatoms. The Morgan fingerprint density at radius 2 is 2.71 bits per heavy atom. The summed E-state index contributed by atoms with van der Waals surface area (Å²) in [5, 5.41) is 2.98. The Kier molecular flexibility index (Phi) is 2.13. The molecule has 1 aliphatic rings. The molecule has 0 bridgehead atoms. The maximum absolute atomic E-state index is 2.26. The van der Waals surface area contributed by atoms with Gasteiger partial charge in [0.1, 0.15) is 0 Å². The van der Waals surface area contributed by atoms with Crippen LogP contribution >= 0.6 is 23.5 Å². The lowest BCUT2D eigenvalue weighted by Crippen LogP contribution is -1.93. The van der Waals surface area contributed by atoms with E-state index >= 15 is 0 Å². The van der Waals surface area contributed by atoms with Gasteiger partial charge in [-0.1, -0.05) is 6.08 Å². The second-order valence-corrected chi connectivity index (χ2v) is 3.45. The number of thioether (sulfide) groups is 2. The molecule has 0 radical (unpaired) electrons. The molecule has 40 valence electrons. The molecule has 0 amide bonds. The van der Waals surface area contributed by atoms with Crippen LogP contribution in [-0.2, 0) is 0 Å². The molecule has 0 saturated carbocycles. The van der Waals surface area contributed by atoms with Crippen LogP contribution in [0.5, 0.6) is 0 Å². The molecule has 1 aliphatic heterocycles. The summed E-state index contributed by atoms with van der Waals surface area (Å²) in [5.74, 6) is 1.28. The van der Waals surface area contributed by atoms with Crippen molar-refractivity contribution in [1.29, 1.82) is 0 Å². The maximum Gasteiger partial charge on any atom is 0.0326 e. The minimum Gasteiger partial charge on any atom is -0.157 e. The van der Waals surface area contributed by atoms with Crippen LogP contribution in [0.25, 0.3) is 0 Å². The van der Waals surface area contributed by atoms with E-state index in [1.54, 1.807) is 0 Å². The number of hydrogen-bond acceptors (Lipinski definition) is 2. The molecule has 0 aromatic rings. The smallest absolute Gasteiger partial charge is 0.0326 e. The van der Waals surface area contributed by atoms with Crippen molar-refractivity contribution in [3.05, 3.63) is 11.5 Å². The van der Waals surface area contributed by atoms with Crippen LogP contribution < -0.4 is 0 Å². The topological polar surface area (TPSA) is 0 Å². The third-order valence-corrected chi connectivity index (χ3v) is 2.99. The van der Waals surface area contributed by atoms with Gasteiger partial charge in [0.05, 0.1) is 0 Å². The third-order valence-electron chi connectivity index (χ3n) is 0.953. The van der Waals surface area contributed by atoms with Crippen molar-refractivity contribution < 1.29 is 0 Å². The molecule has 0 spiro atoms. The largest absolute Gasteiger partial charge is 0.157 e. The van der Waals surface area contributed by atoms with E-state index in [-0.39, 0.29) is 0 Å². The lowest BCUT2D eigenvalue weighted by molar-refractivity contribution is 1.30. The van der Waals surface area contributed by atoms with E-state index in [0.717, 1.165) is 5.25 Å². The fraction of sp³-hybridized carbons (Fsp3) is 0.600. The van der Waals surface area contributed by atoms with Gasteiger partial charge in [-0.25, -0.2) is 0 Å². The summed E-state index contributed by atoms with van der Waals surface area (Å²) in [4.78, 5) is 0. The second kappa shape index (κ2) is 2.68. The van der Waals surface area contributed by atoms with Crippen molar-refractivity contribution in [3.63, 3.8) is 0 Å². The monoisotopic (exact) mass is 132 g/mol. The Morgan fingerprint density at radius 3 is 3.00 bits per heavy atom. The van der Waals surface area contributed by atoms with Gasteiger partial charge in [-0.3, -0.25) is 0 Å². The van der Waals surface area contributed by atoms with Gasteiger partial charge in [-0.15, -0.1) is 11.8 Å². The first-order valence-corrected chi connectivity index (χ1v) is 4.58. The van der Waals surface area contributed by atoms with Crippen molar-refractivity contribution in [2.24, 2.45) is 0 Å². The second-order valence-electron chi connectivity index (χ2n) is 1.44. The molecule has 1 rings (SSSR count). The zero-order valence-corrected chi connectivity index (χ0v) is 5.89. The van der Waals surface area contributed by atoms with Crippen LogP contribution in [0.1, 0.15) is 0 Å². The molecule has 1 atom stereocenters. The molecule has 0 N–H and O–H groups in total. The molecular weight excluding hydrogens is 124 g/mol. The highest BCUT2D eigenvalue weighted by atomic mass is 32.2. The van der Waals surface area contributed by atoms with Crippen LogP contribution in [0.15, 0.2) is 11.5 Å². The van der Waals surface area contributed by atoms with Gasteiger partial charge < -0.3 is 0 Å². The normalized spacial score (nSPS) is 29.0. The average molecular weight is 132 g/mol. The molecule has 1 unspecified atom stereocenters. The molecule has 0 aromatic carbocycles. The summed E-state index contributed by atoms with van der Waals surface area (Å²) < 4.78 is 0. The van der Waals surface area contributed by atoms with Crippen LogP contribution in [0.2, 0.25) is 0 Å². The van der Waals surface area contributed by atoms with Crippen molar-refractivity contribution in [2.45, 2.75) is 5.25 Å². The van der Waals surface area contributed by atoms with E-state index in [4.69, 9.17) is 0 Å². The third kappa shape index (κ3) is 1.42. The van der Waals surface area contributed by atoms with Crippen LogP contribution in [0, 0.1) is 0 Å². The highest BCUT2D eigenvalue weighted by molar-refractivity contribution is 8.05. The van der Waals surface area contributed by atoms with E-state index in [9.17, 15) is 0 Å². The van der Waals surface area contributed by atoms with Crippen LogP contribution in [0.4, 0.5) is 0 Å². The lowest BCUT2D eigenvalue weighted by atomic mass is 10.5. The summed E-state index contributed by atoms with van der Waals surface area (Å²) in [6, 6.07) is 0. The molecule has 0 aromatic heterocycles. The van der Waals surface area contributed by atoms with Gasteiger partial charge in [0.25, 0.3) is 0 Å². The fourth-order valence-corrected chi connectivity index (χ4v) is 2.32. The van der Waals surface area contributed by atoms with Crippen molar-refractivity contribution in [1.82, 2.24) is 0 Å². The first kappa shape index (κ1) is 5.57. The van der Waals surface area contributed by atoms with E-state index < -0.39 is 0 Å². The molecule has 0 saturated heterocycles. The molecule has 1 heterocycles. The van der Waals surface area contributed by atoms with Gasteiger partial charge in [-0.2, -0.15) is 11.8 Å². The molecule has 7 heavy (non-hydrogen) atoms. The maximum atomic E-state index is 2.26. The van der Waals surface area contributed by atoms with E-state index in [1.807, 2.05) is 23.5 Å². The highest BCUT2D eigenvalue weighted by Crippen LogP contribution is 2.22. The number of hydrogen-bond donors (Lipinski definition) is 0. The minimum absolute atomic E-state index is 0.796. The predicted molar refractivity (Wildman–Crippen MR) is 38.9 cm³/mol. The molecule has 0 fully saturated rings.